The van der Waals surface area contributed by atoms with Gasteiger partial charge in [-0.3, -0.25) is 20.6 Å². The first-order chi connectivity index (χ1) is 14.0. The van der Waals surface area contributed by atoms with Crippen molar-refractivity contribution in [1.29, 1.82) is 10.7 Å². The predicted octanol–water partition coefficient (Wildman–Crippen LogP) is 3.63. The molecule has 2 unspecified atom stereocenters. The van der Waals surface area contributed by atoms with E-state index in [9.17, 15) is 15.4 Å². The molecule has 29 heavy (non-hydrogen) atoms. The van der Waals surface area contributed by atoms with E-state index >= 15 is 0 Å². The lowest BCUT2D eigenvalue weighted by Crippen LogP contribution is -2.31. The molecule has 0 saturated heterocycles. The second-order valence-corrected chi connectivity index (χ2v) is 6.42. The number of para-hydroxylation sites is 1. The summed E-state index contributed by atoms with van der Waals surface area (Å²) >= 11 is 0. The van der Waals surface area contributed by atoms with Gasteiger partial charge in [0, 0.05) is 29.2 Å². The summed E-state index contributed by atoms with van der Waals surface area (Å²) in [7, 11) is 1.53. The van der Waals surface area contributed by atoms with Gasteiger partial charge in [0.1, 0.15) is 11.7 Å². The first kappa shape index (κ1) is 18.2. The summed E-state index contributed by atoms with van der Waals surface area (Å²) in [4.78, 5) is 10.7. The normalized spacial score (nSPS) is 17.7. The van der Waals surface area contributed by atoms with E-state index in [1.54, 1.807) is 18.2 Å². The average Bonchev–Trinajstić information content (AvgIpc) is 3.16. The maximum atomic E-state index is 11.2. The third-order valence-corrected chi connectivity index (χ3v) is 4.86. The molecule has 9 nitrogen and oxygen atoms in total. The van der Waals surface area contributed by atoms with Crippen LogP contribution < -0.4 is 9.47 Å². The number of nitriles is 1. The van der Waals surface area contributed by atoms with Crippen LogP contribution in [0.3, 0.4) is 0 Å². The van der Waals surface area contributed by atoms with Crippen molar-refractivity contribution in [3.63, 3.8) is 0 Å². The van der Waals surface area contributed by atoms with Gasteiger partial charge in [0.2, 0.25) is 11.8 Å². The van der Waals surface area contributed by atoms with Crippen molar-refractivity contribution >= 4 is 11.6 Å². The van der Waals surface area contributed by atoms with E-state index in [2.05, 4.69) is 16.3 Å². The van der Waals surface area contributed by atoms with E-state index in [1.165, 1.54) is 19.2 Å². The molecule has 0 aliphatic carbocycles. The van der Waals surface area contributed by atoms with Gasteiger partial charge in [0.05, 0.1) is 29.4 Å². The second-order valence-electron chi connectivity index (χ2n) is 6.42. The zero-order valence-corrected chi connectivity index (χ0v) is 15.2. The number of non-ortho nitro benzene ring substituents is 1. The third kappa shape index (κ3) is 2.96. The highest BCUT2D eigenvalue weighted by molar-refractivity contribution is 5.87. The molecule has 0 spiro atoms. The molecule has 3 aromatic rings. The molecule has 2 heterocycles. The minimum atomic E-state index is -0.908. The van der Waals surface area contributed by atoms with Gasteiger partial charge in [0.15, 0.2) is 0 Å². The molecule has 2 atom stereocenters. The summed E-state index contributed by atoms with van der Waals surface area (Å²) in [6.07, 6.45) is 0. The van der Waals surface area contributed by atoms with Crippen molar-refractivity contribution in [2.24, 2.45) is 5.92 Å². The highest BCUT2D eigenvalue weighted by Gasteiger charge is 2.42. The lowest BCUT2D eigenvalue weighted by Gasteiger charge is -2.29. The number of nitro groups is 1. The number of benzene rings is 2. The Morgan fingerprint density at radius 1 is 1.31 bits per heavy atom. The van der Waals surface area contributed by atoms with Crippen molar-refractivity contribution in [1.82, 2.24) is 10.2 Å². The number of hydrogen-bond acceptors (Lipinski definition) is 7. The minimum absolute atomic E-state index is 0.0685. The van der Waals surface area contributed by atoms with Crippen LogP contribution in [0.25, 0.3) is 11.3 Å². The van der Waals surface area contributed by atoms with E-state index < -0.39 is 16.8 Å². The fourth-order valence-electron chi connectivity index (χ4n) is 3.57. The monoisotopic (exact) mass is 389 g/mol. The van der Waals surface area contributed by atoms with Gasteiger partial charge in [-0.1, -0.05) is 30.3 Å². The molecule has 0 fully saturated rings. The van der Waals surface area contributed by atoms with Crippen LogP contribution in [-0.2, 0) is 0 Å². The molecule has 2 aromatic carbocycles. The van der Waals surface area contributed by atoms with Crippen molar-refractivity contribution in [3.8, 4) is 29.0 Å². The van der Waals surface area contributed by atoms with Crippen LogP contribution in [0.15, 0.2) is 48.5 Å². The van der Waals surface area contributed by atoms with E-state index in [1.807, 2.05) is 18.2 Å². The molecule has 1 aliphatic heterocycles. The molecular formula is C20H15N5O4. The van der Waals surface area contributed by atoms with Gasteiger partial charge in [-0.2, -0.15) is 5.26 Å². The molecule has 1 aromatic heterocycles. The highest BCUT2D eigenvalue weighted by atomic mass is 16.6. The van der Waals surface area contributed by atoms with Gasteiger partial charge in [0.25, 0.3) is 5.69 Å². The Labute approximate surface area is 165 Å². The topological polar surface area (TPSA) is 138 Å². The van der Waals surface area contributed by atoms with Crippen LogP contribution in [0.4, 0.5) is 5.69 Å². The van der Waals surface area contributed by atoms with Crippen LogP contribution in [0.2, 0.25) is 0 Å². The summed E-state index contributed by atoms with van der Waals surface area (Å²) < 4.78 is 11.0. The Morgan fingerprint density at radius 2 is 2.10 bits per heavy atom. The average molecular weight is 389 g/mol. The van der Waals surface area contributed by atoms with Gasteiger partial charge in [-0.15, -0.1) is 5.10 Å². The van der Waals surface area contributed by atoms with Crippen LogP contribution in [0.5, 0.6) is 11.6 Å². The molecule has 0 radical (unpaired) electrons. The van der Waals surface area contributed by atoms with E-state index in [0.29, 0.717) is 28.1 Å². The molecule has 4 rings (SSSR count). The van der Waals surface area contributed by atoms with Crippen LogP contribution in [0, 0.1) is 32.8 Å². The number of aromatic nitrogens is 2. The molecule has 0 saturated carbocycles. The zero-order valence-electron chi connectivity index (χ0n) is 15.2. The molecule has 0 bridgehead atoms. The molecule has 1 aliphatic rings. The number of nitro benzene ring substituents is 1. The Kier molecular flexibility index (Phi) is 4.44. The summed E-state index contributed by atoms with van der Waals surface area (Å²) in [5.41, 5.74) is 2.20. The Bertz CT molecular complexity index is 1160. The molecule has 9 heteroatoms. The largest absolute Gasteiger partial charge is 0.496 e. The van der Waals surface area contributed by atoms with Crippen molar-refractivity contribution in [2.45, 2.75) is 5.92 Å². The Morgan fingerprint density at radius 3 is 2.83 bits per heavy atom. The first-order valence-corrected chi connectivity index (χ1v) is 8.67. The highest BCUT2D eigenvalue weighted by Crippen LogP contribution is 2.48. The number of methoxy groups -OCH3 is 1. The van der Waals surface area contributed by atoms with E-state index in [4.69, 9.17) is 14.9 Å². The van der Waals surface area contributed by atoms with Crippen molar-refractivity contribution in [3.05, 3.63) is 69.8 Å². The Balaban J connectivity index is 1.96. The van der Waals surface area contributed by atoms with Gasteiger partial charge in [-0.25, -0.2) is 0 Å². The van der Waals surface area contributed by atoms with Crippen LogP contribution in [0.1, 0.15) is 17.0 Å². The van der Waals surface area contributed by atoms with Crippen LogP contribution >= 0.6 is 0 Å². The SMILES string of the molecule is COc1ccccc1C1c2c(n[nH]c2-c2cccc([N+](=O)[O-])c2)OC(=N)C1C#N. The standard InChI is InChI=1S/C20H15N5O4/c1-28-15-8-3-2-7-13(15)16-14(10-21)19(22)29-20-17(16)18(23-24-20)11-5-4-6-12(9-11)25(26)27/h2-9,14,16,22H,1H3,(H,23,24). The fourth-order valence-corrected chi connectivity index (χ4v) is 3.57. The van der Waals surface area contributed by atoms with Crippen LogP contribution in [-0.4, -0.2) is 28.1 Å². The quantitative estimate of drug-likeness (QED) is 0.516. The molecule has 144 valence electrons. The van der Waals surface area contributed by atoms with Crippen molar-refractivity contribution in [2.75, 3.05) is 7.11 Å². The smallest absolute Gasteiger partial charge is 0.270 e. The number of nitrogens with one attached hydrogen (secondary N) is 2. The second kappa shape index (κ2) is 7.09. The third-order valence-electron chi connectivity index (χ3n) is 4.86. The molecule has 0 amide bonds. The number of rotatable bonds is 4. The summed E-state index contributed by atoms with van der Waals surface area (Å²) in [5.74, 6) is -0.995. The van der Waals surface area contributed by atoms with Crippen molar-refractivity contribution < 1.29 is 14.4 Å². The number of nitrogens with zero attached hydrogens (tertiary/aromatic N) is 3. The van der Waals surface area contributed by atoms with Gasteiger partial charge < -0.3 is 9.47 Å². The first-order valence-electron chi connectivity index (χ1n) is 8.67. The lowest BCUT2D eigenvalue weighted by atomic mass is 9.78. The summed E-state index contributed by atoms with van der Waals surface area (Å²) in [6, 6.07) is 15.5. The van der Waals surface area contributed by atoms with Gasteiger partial charge >= 0.3 is 0 Å². The van der Waals surface area contributed by atoms with E-state index in [0.717, 1.165) is 0 Å². The fraction of sp³-hybridized carbons (Fsp3) is 0.150. The molecule has 2 N–H and O–H groups in total. The minimum Gasteiger partial charge on any atom is -0.496 e. The zero-order chi connectivity index (χ0) is 20.5. The maximum absolute atomic E-state index is 11.2. The van der Waals surface area contributed by atoms with Gasteiger partial charge in [-0.05, 0) is 6.07 Å². The summed E-state index contributed by atoms with van der Waals surface area (Å²) in [5, 5.41) is 36.1. The number of H-pyrrole nitrogens is 1. The van der Waals surface area contributed by atoms with E-state index in [-0.39, 0.29) is 17.5 Å². The molecular weight excluding hydrogens is 374 g/mol. The predicted molar refractivity (Wildman–Crippen MR) is 103 cm³/mol. The number of hydrogen-bond donors (Lipinski definition) is 2. The Hall–Kier alpha value is -4.19. The maximum Gasteiger partial charge on any atom is 0.270 e. The summed E-state index contributed by atoms with van der Waals surface area (Å²) in [6.45, 7) is 0. The number of aromatic amines is 1. The number of ether oxygens (including phenoxy) is 2. The lowest BCUT2D eigenvalue weighted by molar-refractivity contribution is -0.384. The number of fused-ring (bicyclic) bond motifs is 1.